The second-order valence-corrected chi connectivity index (χ2v) is 4.18. The Balaban J connectivity index is 2.34. The first-order valence-corrected chi connectivity index (χ1v) is 6.26. The van der Waals surface area contributed by atoms with Crippen molar-refractivity contribution in [2.75, 3.05) is 13.7 Å². The molecule has 1 N–H and O–H groups in total. The van der Waals surface area contributed by atoms with Crippen LogP contribution in [0.3, 0.4) is 0 Å². The first-order chi connectivity index (χ1) is 8.80. The van der Waals surface area contributed by atoms with Gasteiger partial charge in [-0.3, -0.25) is 0 Å². The molecule has 0 saturated carbocycles. The summed E-state index contributed by atoms with van der Waals surface area (Å²) in [5, 5.41) is 9.21. The third-order valence-corrected chi connectivity index (χ3v) is 2.78. The lowest BCUT2D eigenvalue weighted by Gasteiger charge is -2.15. The van der Waals surface area contributed by atoms with E-state index in [4.69, 9.17) is 9.47 Å². The second kappa shape index (κ2) is 8.72. The first-order valence-electron chi connectivity index (χ1n) is 6.26. The summed E-state index contributed by atoms with van der Waals surface area (Å²) in [6.07, 6.45) is 4.61. The van der Waals surface area contributed by atoms with Crippen LogP contribution in [-0.4, -0.2) is 24.9 Å². The predicted molar refractivity (Wildman–Crippen MR) is 72.7 cm³/mol. The Morgan fingerprint density at radius 3 is 2.61 bits per heavy atom. The zero-order chi connectivity index (χ0) is 13.2. The molecule has 100 valence electrons. The molecule has 0 fully saturated rings. The largest absolute Gasteiger partial charge is 0.497 e. The van der Waals surface area contributed by atoms with Crippen molar-refractivity contribution in [2.45, 2.75) is 32.0 Å². The SMILES string of the molecule is C=CCCC[C@H](CO)OCc1ccc(OC)cc1. The molecular weight excluding hydrogens is 228 g/mol. The van der Waals surface area contributed by atoms with Crippen LogP contribution in [0.4, 0.5) is 0 Å². The van der Waals surface area contributed by atoms with E-state index in [1.807, 2.05) is 30.3 Å². The van der Waals surface area contributed by atoms with E-state index in [1.165, 1.54) is 0 Å². The Labute approximate surface area is 109 Å². The number of aliphatic hydroxyl groups is 1. The fourth-order valence-electron chi connectivity index (χ4n) is 1.65. The van der Waals surface area contributed by atoms with Crippen LogP contribution in [-0.2, 0) is 11.3 Å². The minimum Gasteiger partial charge on any atom is -0.497 e. The highest BCUT2D eigenvalue weighted by atomic mass is 16.5. The van der Waals surface area contributed by atoms with Crippen molar-refractivity contribution in [1.82, 2.24) is 0 Å². The van der Waals surface area contributed by atoms with Gasteiger partial charge in [0.15, 0.2) is 0 Å². The van der Waals surface area contributed by atoms with E-state index < -0.39 is 0 Å². The van der Waals surface area contributed by atoms with Crippen LogP contribution in [0.2, 0.25) is 0 Å². The van der Waals surface area contributed by atoms with Crippen molar-refractivity contribution in [2.24, 2.45) is 0 Å². The molecule has 0 aliphatic carbocycles. The molecule has 0 aromatic heterocycles. The van der Waals surface area contributed by atoms with Gasteiger partial charge in [-0.05, 0) is 37.0 Å². The molecule has 1 atom stereocenters. The summed E-state index contributed by atoms with van der Waals surface area (Å²) >= 11 is 0. The van der Waals surface area contributed by atoms with Crippen LogP contribution in [0.5, 0.6) is 5.75 Å². The van der Waals surface area contributed by atoms with E-state index in [-0.39, 0.29) is 12.7 Å². The molecule has 1 aromatic carbocycles. The number of aliphatic hydroxyl groups excluding tert-OH is 1. The number of unbranched alkanes of at least 4 members (excludes halogenated alkanes) is 1. The van der Waals surface area contributed by atoms with Gasteiger partial charge in [-0.1, -0.05) is 18.2 Å². The van der Waals surface area contributed by atoms with Crippen LogP contribution in [0, 0.1) is 0 Å². The monoisotopic (exact) mass is 250 g/mol. The molecular formula is C15H22O3. The van der Waals surface area contributed by atoms with E-state index in [0.29, 0.717) is 6.61 Å². The molecule has 18 heavy (non-hydrogen) atoms. The highest BCUT2D eigenvalue weighted by Gasteiger charge is 2.07. The van der Waals surface area contributed by atoms with Gasteiger partial charge in [-0.25, -0.2) is 0 Å². The van der Waals surface area contributed by atoms with E-state index in [0.717, 1.165) is 30.6 Å². The van der Waals surface area contributed by atoms with Crippen molar-refractivity contribution in [3.63, 3.8) is 0 Å². The normalized spacial score (nSPS) is 12.1. The van der Waals surface area contributed by atoms with Gasteiger partial charge in [0.2, 0.25) is 0 Å². The molecule has 0 saturated heterocycles. The third kappa shape index (κ3) is 5.34. The van der Waals surface area contributed by atoms with Crippen LogP contribution in [0.15, 0.2) is 36.9 Å². The van der Waals surface area contributed by atoms with E-state index in [9.17, 15) is 5.11 Å². The van der Waals surface area contributed by atoms with Gasteiger partial charge in [-0.15, -0.1) is 6.58 Å². The summed E-state index contributed by atoms with van der Waals surface area (Å²) in [5.41, 5.74) is 1.08. The Kier molecular flexibility index (Phi) is 7.14. The number of rotatable bonds is 9. The highest BCUT2D eigenvalue weighted by Crippen LogP contribution is 2.13. The minimum absolute atomic E-state index is 0.0628. The fourth-order valence-corrected chi connectivity index (χ4v) is 1.65. The maximum atomic E-state index is 9.21. The summed E-state index contributed by atoms with van der Waals surface area (Å²) in [6, 6.07) is 7.75. The van der Waals surface area contributed by atoms with Crippen molar-refractivity contribution >= 4 is 0 Å². The molecule has 0 amide bonds. The highest BCUT2D eigenvalue weighted by molar-refractivity contribution is 5.26. The number of benzene rings is 1. The molecule has 0 aliphatic heterocycles. The Morgan fingerprint density at radius 2 is 2.06 bits per heavy atom. The predicted octanol–water partition coefficient (Wildman–Crippen LogP) is 2.93. The molecule has 0 unspecified atom stereocenters. The molecule has 0 aliphatic rings. The first kappa shape index (κ1) is 14.7. The summed E-state index contributed by atoms with van der Waals surface area (Å²) in [5.74, 6) is 0.837. The fraction of sp³-hybridized carbons (Fsp3) is 0.467. The lowest BCUT2D eigenvalue weighted by molar-refractivity contribution is -0.00300. The molecule has 0 spiro atoms. The third-order valence-electron chi connectivity index (χ3n) is 2.78. The molecule has 3 nitrogen and oxygen atoms in total. The summed E-state index contributed by atoms with van der Waals surface area (Å²) < 4.78 is 10.8. The quantitative estimate of drug-likeness (QED) is 0.541. The second-order valence-electron chi connectivity index (χ2n) is 4.18. The molecule has 1 aromatic rings. The van der Waals surface area contributed by atoms with Gasteiger partial charge in [0.25, 0.3) is 0 Å². The average Bonchev–Trinajstić information content (AvgIpc) is 2.43. The van der Waals surface area contributed by atoms with E-state index in [2.05, 4.69) is 6.58 Å². The standard InChI is InChI=1S/C15H22O3/c1-3-4-5-6-15(11-16)18-12-13-7-9-14(17-2)10-8-13/h3,7-10,15-16H,1,4-6,11-12H2,2H3/t15-/m1/s1. The zero-order valence-corrected chi connectivity index (χ0v) is 11.0. The van der Waals surface area contributed by atoms with Gasteiger partial charge in [0, 0.05) is 0 Å². The topological polar surface area (TPSA) is 38.7 Å². The maximum absolute atomic E-state index is 9.21. The van der Waals surface area contributed by atoms with Crippen LogP contribution >= 0.6 is 0 Å². The van der Waals surface area contributed by atoms with Gasteiger partial charge >= 0.3 is 0 Å². The van der Waals surface area contributed by atoms with Gasteiger partial charge in [-0.2, -0.15) is 0 Å². The summed E-state index contributed by atoms with van der Waals surface area (Å²) in [7, 11) is 1.65. The minimum atomic E-state index is -0.0907. The number of ether oxygens (including phenoxy) is 2. The van der Waals surface area contributed by atoms with Gasteiger partial charge < -0.3 is 14.6 Å². The van der Waals surface area contributed by atoms with Crippen LogP contribution in [0.25, 0.3) is 0 Å². The number of allylic oxidation sites excluding steroid dienone is 1. The average molecular weight is 250 g/mol. The number of hydrogen-bond acceptors (Lipinski definition) is 3. The lowest BCUT2D eigenvalue weighted by Crippen LogP contribution is -2.17. The molecule has 0 radical (unpaired) electrons. The van der Waals surface area contributed by atoms with Gasteiger partial charge in [0.1, 0.15) is 5.75 Å². The van der Waals surface area contributed by atoms with Crippen molar-refractivity contribution in [3.8, 4) is 5.75 Å². The molecule has 0 heterocycles. The van der Waals surface area contributed by atoms with Gasteiger partial charge in [0.05, 0.1) is 26.4 Å². The summed E-state index contributed by atoms with van der Waals surface area (Å²) in [4.78, 5) is 0. The zero-order valence-electron chi connectivity index (χ0n) is 11.0. The van der Waals surface area contributed by atoms with Crippen molar-refractivity contribution in [1.29, 1.82) is 0 Å². The van der Waals surface area contributed by atoms with Crippen molar-refractivity contribution < 1.29 is 14.6 Å². The maximum Gasteiger partial charge on any atom is 0.118 e. The molecule has 3 heteroatoms. The molecule has 1 rings (SSSR count). The summed E-state index contributed by atoms with van der Waals surface area (Å²) in [6.45, 7) is 4.26. The van der Waals surface area contributed by atoms with E-state index >= 15 is 0 Å². The smallest absolute Gasteiger partial charge is 0.118 e. The van der Waals surface area contributed by atoms with E-state index in [1.54, 1.807) is 7.11 Å². The molecule has 0 bridgehead atoms. The van der Waals surface area contributed by atoms with Crippen LogP contribution in [0.1, 0.15) is 24.8 Å². The van der Waals surface area contributed by atoms with Crippen LogP contribution < -0.4 is 4.74 Å². The van der Waals surface area contributed by atoms with Crippen molar-refractivity contribution in [3.05, 3.63) is 42.5 Å². The number of methoxy groups -OCH3 is 1. The lowest BCUT2D eigenvalue weighted by atomic mass is 10.1. The Morgan fingerprint density at radius 1 is 1.33 bits per heavy atom. The Hall–Kier alpha value is -1.32. The Bertz CT molecular complexity index is 332. The number of hydrogen-bond donors (Lipinski definition) is 1.